The number of pyridine rings is 3. The second-order valence-electron chi connectivity index (χ2n) is 8.34. The molecule has 0 radical (unpaired) electrons. The molecule has 0 unspecified atom stereocenters. The van der Waals surface area contributed by atoms with E-state index in [0.29, 0.717) is 32.7 Å². The van der Waals surface area contributed by atoms with Gasteiger partial charge in [-0.3, -0.25) is 9.78 Å². The summed E-state index contributed by atoms with van der Waals surface area (Å²) < 4.78 is 26.3. The number of anilines is 1. The van der Waals surface area contributed by atoms with Gasteiger partial charge in [0.15, 0.2) is 5.78 Å². The van der Waals surface area contributed by atoms with Crippen LogP contribution in [0.4, 0.5) is 14.6 Å². The van der Waals surface area contributed by atoms with Gasteiger partial charge in [-0.1, -0.05) is 0 Å². The number of Topliss-reactive ketones (excluding diaryl/α,β-unsaturated/α-hetero) is 1. The normalized spacial score (nSPS) is 14.8. The number of hydrogen-bond donors (Lipinski definition) is 0. The van der Waals surface area contributed by atoms with E-state index in [1.54, 1.807) is 30.6 Å². The van der Waals surface area contributed by atoms with Gasteiger partial charge in [-0.15, -0.1) is 0 Å². The quantitative estimate of drug-likeness (QED) is 0.405. The van der Waals surface area contributed by atoms with Gasteiger partial charge in [0, 0.05) is 61.3 Å². The summed E-state index contributed by atoms with van der Waals surface area (Å²) in [5, 5.41) is 4.46. The number of likely N-dealkylation sites (N-methyl/N-ethyl adjacent to an activating group) is 1. The van der Waals surface area contributed by atoms with Gasteiger partial charge < -0.3 is 9.80 Å². The summed E-state index contributed by atoms with van der Waals surface area (Å²) in [4.78, 5) is 30.9. The third kappa shape index (κ3) is 4.62. The number of aromatic nitrogens is 5. The van der Waals surface area contributed by atoms with Gasteiger partial charge in [-0.2, -0.15) is 13.9 Å². The SMILES string of the molecule is CN1CCN(c2cc(C(=O)Cc3cc4nc(-c5cnn(C(F)F)c5)ccc4cn3)ccn2)CC1. The molecule has 1 saturated heterocycles. The summed E-state index contributed by atoms with van der Waals surface area (Å²) in [6, 6.07) is 8.88. The molecule has 10 heteroatoms. The number of fused-ring (bicyclic) bond motifs is 1. The zero-order valence-corrected chi connectivity index (χ0v) is 18.6. The Morgan fingerprint density at radius 3 is 2.65 bits per heavy atom. The third-order valence-electron chi connectivity index (χ3n) is 5.96. The number of halogens is 2. The Morgan fingerprint density at radius 2 is 1.88 bits per heavy atom. The molecule has 0 amide bonds. The molecule has 5 rings (SSSR count). The number of alkyl halides is 2. The van der Waals surface area contributed by atoms with Crippen LogP contribution in [0.15, 0.2) is 55.1 Å². The van der Waals surface area contributed by atoms with Crippen molar-refractivity contribution in [3.8, 4) is 11.3 Å². The van der Waals surface area contributed by atoms with E-state index < -0.39 is 6.55 Å². The number of hydrogen-bond acceptors (Lipinski definition) is 7. The summed E-state index contributed by atoms with van der Waals surface area (Å²) in [5.41, 5.74) is 2.82. The van der Waals surface area contributed by atoms with Gasteiger partial charge in [-0.05, 0) is 37.4 Å². The molecule has 174 valence electrons. The second-order valence-corrected chi connectivity index (χ2v) is 8.34. The maximum atomic E-state index is 13.0. The Labute approximate surface area is 194 Å². The molecule has 5 heterocycles. The van der Waals surface area contributed by atoms with Crippen LogP contribution in [0.5, 0.6) is 0 Å². The highest BCUT2D eigenvalue weighted by Crippen LogP contribution is 2.23. The molecule has 0 aromatic carbocycles. The monoisotopic (exact) mass is 463 g/mol. The number of carbonyl (C=O) groups is 1. The van der Waals surface area contributed by atoms with E-state index in [2.05, 4.69) is 36.9 Å². The third-order valence-corrected chi connectivity index (χ3v) is 5.96. The first kappa shape index (κ1) is 22.0. The largest absolute Gasteiger partial charge is 0.354 e. The van der Waals surface area contributed by atoms with Crippen molar-refractivity contribution in [3.63, 3.8) is 0 Å². The Bertz CT molecular complexity index is 1330. The average Bonchev–Trinajstić information content (AvgIpc) is 3.35. The lowest BCUT2D eigenvalue weighted by molar-refractivity contribution is 0.0566. The number of rotatable bonds is 6. The number of ketones is 1. The molecule has 1 fully saturated rings. The zero-order chi connectivity index (χ0) is 23.7. The minimum Gasteiger partial charge on any atom is -0.354 e. The molecule has 0 aliphatic carbocycles. The molecule has 4 aromatic rings. The van der Waals surface area contributed by atoms with E-state index in [9.17, 15) is 13.6 Å². The minimum atomic E-state index is -2.71. The predicted molar refractivity (Wildman–Crippen MR) is 124 cm³/mol. The lowest BCUT2D eigenvalue weighted by Gasteiger charge is -2.33. The summed E-state index contributed by atoms with van der Waals surface area (Å²) in [7, 11) is 2.09. The fourth-order valence-electron chi connectivity index (χ4n) is 3.96. The summed E-state index contributed by atoms with van der Waals surface area (Å²) in [5.74, 6) is 0.750. The predicted octanol–water partition coefficient (Wildman–Crippen LogP) is 3.46. The fourth-order valence-corrected chi connectivity index (χ4v) is 3.96. The molecular formula is C24H23F2N7O. The van der Waals surface area contributed by atoms with Crippen molar-refractivity contribution in [3.05, 3.63) is 66.4 Å². The van der Waals surface area contributed by atoms with Gasteiger partial charge in [0.25, 0.3) is 0 Å². The van der Waals surface area contributed by atoms with Crippen LogP contribution in [-0.2, 0) is 6.42 Å². The topological polar surface area (TPSA) is 80.0 Å². The maximum absolute atomic E-state index is 13.0. The molecule has 1 aliphatic heterocycles. The van der Waals surface area contributed by atoms with E-state index >= 15 is 0 Å². The molecule has 1 aliphatic rings. The Morgan fingerprint density at radius 1 is 1.06 bits per heavy atom. The minimum absolute atomic E-state index is 0.0565. The Balaban J connectivity index is 1.35. The fraction of sp³-hybridized carbons (Fsp3) is 0.292. The van der Waals surface area contributed by atoms with Crippen molar-refractivity contribution >= 4 is 22.5 Å². The van der Waals surface area contributed by atoms with Crippen LogP contribution < -0.4 is 4.90 Å². The molecule has 0 N–H and O–H groups in total. The summed E-state index contributed by atoms with van der Waals surface area (Å²) in [6.45, 7) is 0.952. The van der Waals surface area contributed by atoms with Gasteiger partial charge in [0.2, 0.25) is 0 Å². The number of nitrogens with zero attached hydrogens (tertiary/aromatic N) is 7. The molecule has 0 atom stereocenters. The second kappa shape index (κ2) is 9.22. The van der Waals surface area contributed by atoms with E-state index in [1.165, 1.54) is 12.4 Å². The molecular weight excluding hydrogens is 440 g/mol. The molecule has 8 nitrogen and oxygen atoms in total. The van der Waals surface area contributed by atoms with E-state index in [1.807, 2.05) is 12.1 Å². The van der Waals surface area contributed by atoms with Crippen molar-refractivity contribution in [2.45, 2.75) is 13.0 Å². The van der Waals surface area contributed by atoms with Crippen LogP contribution in [-0.4, -0.2) is 68.6 Å². The van der Waals surface area contributed by atoms with Gasteiger partial charge in [0.1, 0.15) is 5.82 Å². The lowest BCUT2D eigenvalue weighted by atomic mass is 10.1. The van der Waals surface area contributed by atoms with Crippen LogP contribution in [0.3, 0.4) is 0 Å². The molecule has 4 aromatic heterocycles. The summed E-state index contributed by atoms with van der Waals surface area (Å²) in [6.07, 6.45) is 6.07. The smallest absolute Gasteiger partial charge is 0.333 e. The van der Waals surface area contributed by atoms with Crippen LogP contribution in [0.2, 0.25) is 0 Å². The van der Waals surface area contributed by atoms with Crippen molar-refractivity contribution in [2.75, 3.05) is 38.1 Å². The van der Waals surface area contributed by atoms with Crippen LogP contribution in [0, 0.1) is 0 Å². The molecule has 0 bridgehead atoms. The highest BCUT2D eigenvalue weighted by molar-refractivity contribution is 5.98. The Kier molecular flexibility index (Phi) is 5.97. The van der Waals surface area contributed by atoms with Crippen LogP contribution in [0.1, 0.15) is 22.6 Å². The van der Waals surface area contributed by atoms with Crippen LogP contribution >= 0.6 is 0 Å². The molecule has 0 saturated carbocycles. The van der Waals surface area contributed by atoms with Gasteiger partial charge in [-0.25, -0.2) is 14.6 Å². The van der Waals surface area contributed by atoms with Gasteiger partial charge >= 0.3 is 6.55 Å². The van der Waals surface area contributed by atoms with Crippen molar-refractivity contribution in [1.82, 2.24) is 29.6 Å². The maximum Gasteiger partial charge on any atom is 0.333 e. The standard InChI is InChI=1S/C24H23F2N7O/c1-31-6-8-32(9-7-31)23-10-16(4-5-27-23)22(34)12-19-11-21-17(13-28-19)2-3-20(30-21)18-14-29-33(15-18)24(25)26/h2-5,10-11,13-15,24H,6-9,12H2,1H3. The first-order valence-corrected chi connectivity index (χ1v) is 11.0. The lowest BCUT2D eigenvalue weighted by Crippen LogP contribution is -2.44. The van der Waals surface area contributed by atoms with E-state index in [0.717, 1.165) is 37.4 Å². The van der Waals surface area contributed by atoms with Gasteiger partial charge in [0.05, 0.1) is 29.5 Å². The van der Waals surface area contributed by atoms with Crippen LogP contribution in [0.25, 0.3) is 22.2 Å². The highest BCUT2D eigenvalue weighted by Gasteiger charge is 2.17. The van der Waals surface area contributed by atoms with E-state index in [-0.39, 0.29) is 12.2 Å². The number of piperazine rings is 1. The van der Waals surface area contributed by atoms with Crippen molar-refractivity contribution in [1.29, 1.82) is 0 Å². The highest BCUT2D eigenvalue weighted by atomic mass is 19.3. The number of carbonyl (C=O) groups excluding carboxylic acids is 1. The summed E-state index contributed by atoms with van der Waals surface area (Å²) >= 11 is 0. The first-order chi connectivity index (χ1) is 16.5. The first-order valence-electron chi connectivity index (χ1n) is 11.0. The van der Waals surface area contributed by atoms with Crippen molar-refractivity contribution < 1.29 is 13.6 Å². The molecule has 34 heavy (non-hydrogen) atoms. The average molecular weight is 463 g/mol. The zero-order valence-electron chi connectivity index (χ0n) is 18.6. The van der Waals surface area contributed by atoms with E-state index in [4.69, 9.17) is 0 Å². The Hall–Kier alpha value is -3.79. The molecule has 0 spiro atoms. The van der Waals surface area contributed by atoms with Crippen molar-refractivity contribution in [2.24, 2.45) is 0 Å².